The largest absolute Gasteiger partial charge is 0.317 e. The van der Waals surface area contributed by atoms with Gasteiger partial charge in [0.1, 0.15) is 11.6 Å². The van der Waals surface area contributed by atoms with Gasteiger partial charge in [0, 0.05) is 13.1 Å². The predicted octanol–water partition coefficient (Wildman–Crippen LogP) is 1.79. The molecule has 1 aromatic heterocycles. The van der Waals surface area contributed by atoms with Crippen molar-refractivity contribution in [3.8, 4) is 0 Å². The molecule has 0 radical (unpaired) electrons. The van der Waals surface area contributed by atoms with Crippen molar-refractivity contribution in [1.82, 2.24) is 20.1 Å². The van der Waals surface area contributed by atoms with Crippen molar-refractivity contribution in [1.29, 1.82) is 0 Å². The third-order valence-corrected chi connectivity index (χ3v) is 3.89. The second-order valence-corrected chi connectivity index (χ2v) is 4.81. The Morgan fingerprint density at radius 1 is 1.38 bits per heavy atom. The molecule has 4 heteroatoms. The lowest BCUT2D eigenvalue weighted by Crippen LogP contribution is -2.32. The molecule has 1 aromatic rings. The first-order valence-electron chi connectivity index (χ1n) is 6.30. The van der Waals surface area contributed by atoms with Gasteiger partial charge in [-0.25, -0.2) is 0 Å². The molecule has 1 saturated carbocycles. The van der Waals surface area contributed by atoms with Gasteiger partial charge in [0.05, 0.1) is 6.54 Å². The van der Waals surface area contributed by atoms with E-state index in [-0.39, 0.29) is 0 Å². The van der Waals surface area contributed by atoms with Crippen molar-refractivity contribution in [3.05, 3.63) is 11.6 Å². The van der Waals surface area contributed by atoms with Crippen LogP contribution in [0.3, 0.4) is 0 Å². The fourth-order valence-electron chi connectivity index (χ4n) is 2.62. The van der Waals surface area contributed by atoms with E-state index in [1.54, 1.807) is 0 Å². The Balaban J connectivity index is 1.89. The molecule has 1 heterocycles. The summed E-state index contributed by atoms with van der Waals surface area (Å²) in [6.45, 7) is 5.12. The molecule has 1 aliphatic carbocycles. The smallest absolute Gasteiger partial charge is 0.146 e. The van der Waals surface area contributed by atoms with Crippen molar-refractivity contribution in [3.63, 3.8) is 0 Å². The normalized spacial score (nSPS) is 25.2. The van der Waals surface area contributed by atoms with Crippen LogP contribution < -0.4 is 5.32 Å². The summed E-state index contributed by atoms with van der Waals surface area (Å²) < 4.78 is 2.06. The molecular weight excluding hydrogens is 200 g/mol. The number of nitrogens with zero attached hydrogens (tertiary/aromatic N) is 3. The van der Waals surface area contributed by atoms with Crippen molar-refractivity contribution in [2.75, 3.05) is 0 Å². The highest BCUT2D eigenvalue weighted by Gasteiger charge is 2.25. The summed E-state index contributed by atoms with van der Waals surface area (Å²) in [6.07, 6.45) is 5.35. The van der Waals surface area contributed by atoms with E-state index < -0.39 is 0 Å². The number of hydrogen-bond donors (Lipinski definition) is 1. The van der Waals surface area contributed by atoms with Crippen LogP contribution in [-0.4, -0.2) is 20.8 Å². The minimum Gasteiger partial charge on any atom is -0.317 e. The average Bonchev–Trinajstić information content (AvgIpc) is 2.86. The molecule has 1 fully saturated rings. The first-order chi connectivity index (χ1) is 7.72. The number of hydrogen-bond acceptors (Lipinski definition) is 3. The zero-order valence-corrected chi connectivity index (χ0v) is 10.5. The van der Waals surface area contributed by atoms with Gasteiger partial charge in [0.25, 0.3) is 0 Å². The minimum absolute atomic E-state index is 0.682. The Labute approximate surface area is 97.5 Å². The molecule has 0 bridgehead atoms. The Bertz CT molecular complexity index is 345. The molecule has 2 rings (SSSR count). The zero-order chi connectivity index (χ0) is 11.5. The van der Waals surface area contributed by atoms with E-state index >= 15 is 0 Å². The fourth-order valence-corrected chi connectivity index (χ4v) is 2.62. The lowest BCUT2D eigenvalue weighted by molar-refractivity contribution is 0.383. The van der Waals surface area contributed by atoms with Gasteiger partial charge in [-0.3, -0.25) is 0 Å². The van der Waals surface area contributed by atoms with Gasteiger partial charge in [-0.15, -0.1) is 10.2 Å². The zero-order valence-electron chi connectivity index (χ0n) is 10.5. The summed E-state index contributed by atoms with van der Waals surface area (Å²) in [5.41, 5.74) is 0. The Kier molecular flexibility index (Phi) is 3.59. The van der Waals surface area contributed by atoms with Crippen LogP contribution >= 0.6 is 0 Å². The number of aryl methyl sites for hydroxylation is 1. The van der Waals surface area contributed by atoms with Crippen LogP contribution in [0.4, 0.5) is 0 Å². The molecular formula is C12H22N4. The van der Waals surface area contributed by atoms with Crippen LogP contribution in [0.1, 0.15) is 44.3 Å². The van der Waals surface area contributed by atoms with Gasteiger partial charge in [-0.05, 0) is 25.7 Å². The van der Waals surface area contributed by atoms with E-state index in [1.165, 1.54) is 25.7 Å². The predicted molar refractivity (Wildman–Crippen MR) is 64.0 cm³/mol. The third kappa shape index (κ3) is 2.26. The van der Waals surface area contributed by atoms with Gasteiger partial charge < -0.3 is 9.88 Å². The first kappa shape index (κ1) is 11.6. The molecule has 2 atom stereocenters. The summed E-state index contributed by atoms with van der Waals surface area (Å²) in [5.74, 6) is 2.88. The van der Waals surface area contributed by atoms with Crippen LogP contribution in [0.5, 0.6) is 0 Å². The summed E-state index contributed by atoms with van der Waals surface area (Å²) in [5, 5.41) is 11.9. The number of nitrogens with one attached hydrogen (secondary N) is 1. The molecule has 0 aliphatic heterocycles. The van der Waals surface area contributed by atoms with Gasteiger partial charge in [0.2, 0.25) is 0 Å². The SMILES string of the molecule is CCC1CCCC1NCc1nnc(C)n1C. The van der Waals surface area contributed by atoms with Crippen LogP contribution in [0.2, 0.25) is 0 Å². The van der Waals surface area contributed by atoms with E-state index in [0.29, 0.717) is 6.04 Å². The van der Waals surface area contributed by atoms with Crippen molar-refractivity contribution in [2.45, 2.75) is 52.1 Å². The van der Waals surface area contributed by atoms with Crippen LogP contribution in [0, 0.1) is 12.8 Å². The molecule has 90 valence electrons. The molecule has 4 nitrogen and oxygen atoms in total. The lowest BCUT2D eigenvalue weighted by Gasteiger charge is -2.19. The second-order valence-electron chi connectivity index (χ2n) is 4.81. The molecule has 16 heavy (non-hydrogen) atoms. The summed E-state index contributed by atoms with van der Waals surface area (Å²) in [6, 6.07) is 0.682. The quantitative estimate of drug-likeness (QED) is 0.844. The maximum Gasteiger partial charge on any atom is 0.146 e. The van der Waals surface area contributed by atoms with Crippen molar-refractivity contribution in [2.24, 2.45) is 13.0 Å². The molecule has 0 saturated heterocycles. The van der Waals surface area contributed by atoms with E-state index in [2.05, 4.69) is 27.0 Å². The maximum atomic E-state index is 4.18. The van der Waals surface area contributed by atoms with Crippen LogP contribution in [0.15, 0.2) is 0 Å². The van der Waals surface area contributed by atoms with Crippen molar-refractivity contribution >= 4 is 0 Å². The highest BCUT2D eigenvalue weighted by Crippen LogP contribution is 2.28. The Morgan fingerprint density at radius 2 is 2.19 bits per heavy atom. The summed E-state index contributed by atoms with van der Waals surface area (Å²) in [7, 11) is 2.03. The Hall–Kier alpha value is -0.900. The third-order valence-electron chi connectivity index (χ3n) is 3.89. The monoisotopic (exact) mass is 222 g/mol. The first-order valence-corrected chi connectivity index (χ1v) is 6.30. The molecule has 0 aromatic carbocycles. The molecule has 2 unspecified atom stereocenters. The van der Waals surface area contributed by atoms with Gasteiger partial charge in [-0.2, -0.15) is 0 Å². The van der Waals surface area contributed by atoms with Gasteiger partial charge in [-0.1, -0.05) is 19.8 Å². The second kappa shape index (κ2) is 4.95. The summed E-state index contributed by atoms with van der Waals surface area (Å²) >= 11 is 0. The van der Waals surface area contributed by atoms with Crippen LogP contribution in [0.25, 0.3) is 0 Å². The molecule has 1 aliphatic rings. The minimum atomic E-state index is 0.682. The van der Waals surface area contributed by atoms with Crippen LogP contribution in [-0.2, 0) is 13.6 Å². The van der Waals surface area contributed by atoms with E-state index in [1.807, 2.05) is 14.0 Å². The molecule has 0 amide bonds. The number of aromatic nitrogens is 3. The fraction of sp³-hybridized carbons (Fsp3) is 0.833. The standard InChI is InChI=1S/C12H22N4/c1-4-10-6-5-7-11(10)13-8-12-15-14-9(2)16(12)3/h10-11,13H,4-8H2,1-3H3. The maximum absolute atomic E-state index is 4.18. The topological polar surface area (TPSA) is 42.7 Å². The van der Waals surface area contributed by atoms with Gasteiger partial charge >= 0.3 is 0 Å². The molecule has 1 N–H and O–H groups in total. The van der Waals surface area contributed by atoms with Crippen molar-refractivity contribution < 1.29 is 0 Å². The number of rotatable bonds is 4. The van der Waals surface area contributed by atoms with E-state index in [0.717, 1.165) is 24.1 Å². The average molecular weight is 222 g/mol. The van der Waals surface area contributed by atoms with E-state index in [9.17, 15) is 0 Å². The lowest BCUT2D eigenvalue weighted by atomic mass is 10.0. The highest BCUT2D eigenvalue weighted by atomic mass is 15.3. The van der Waals surface area contributed by atoms with Gasteiger partial charge in [0.15, 0.2) is 0 Å². The van der Waals surface area contributed by atoms with E-state index in [4.69, 9.17) is 0 Å². The Morgan fingerprint density at radius 3 is 2.81 bits per heavy atom. The summed E-state index contributed by atoms with van der Waals surface area (Å²) in [4.78, 5) is 0. The highest BCUT2D eigenvalue weighted by molar-refractivity contribution is 4.93. The molecule has 0 spiro atoms.